The van der Waals surface area contributed by atoms with Gasteiger partial charge in [-0.1, -0.05) is 150 Å². The first-order chi connectivity index (χ1) is 23.3. The van der Waals surface area contributed by atoms with E-state index in [1.807, 2.05) is 0 Å². The van der Waals surface area contributed by atoms with Crippen molar-refractivity contribution >= 4 is 16.0 Å². The van der Waals surface area contributed by atoms with Gasteiger partial charge >= 0.3 is 0 Å². The maximum Gasteiger partial charge on any atom is 0.267 e. The van der Waals surface area contributed by atoms with E-state index in [-0.39, 0.29) is 12.3 Å². The Morgan fingerprint density at radius 2 is 1.02 bits per heavy atom. The number of carbonyl (C=O) groups is 1. The number of hydrogen-bond donors (Lipinski definition) is 3. The van der Waals surface area contributed by atoms with E-state index in [0.717, 1.165) is 77.0 Å². The standard InChI is InChI=1S/C41H69NO5S/c1-3-5-7-9-11-13-15-17-18-19-20-21-22-23-24-25-27-29-31-33-35-37-41(44)42-39(38-48(45,46)47)40(43)36-34-32-30-28-26-16-14-12-10-8-6-4-2/h5,7,11,13,17-18,20-21,23-24,26,28,34,36,39-40,43H,3-4,6,8-10,12,14-16,19,22,25,27,29-33,35,37-38H2,1-2H3,(H,42,44)(H,45,46,47)/b7-5-,13-11-,18-17-,21-20-,24-23-,28-26+,36-34+. The number of unbranched alkanes of at least 4 members (excludes halogenated alkanes) is 12. The van der Waals surface area contributed by atoms with Gasteiger partial charge in [-0.3, -0.25) is 9.35 Å². The van der Waals surface area contributed by atoms with Gasteiger partial charge in [-0.05, 0) is 77.0 Å². The molecule has 0 bridgehead atoms. The van der Waals surface area contributed by atoms with Crippen molar-refractivity contribution in [3.8, 4) is 0 Å². The first-order valence-electron chi connectivity index (χ1n) is 18.8. The first-order valence-corrected chi connectivity index (χ1v) is 20.4. The van der Waals surface area contributed by atoms with E-state index in [4.69, 9.17) is 0 Å². The molecule has 0 rings (SSSR count). The fourth-order valence-electron chi connectivity index (χ4n) is 5.02. The lowest BCUT2D eigenvalue weighted by Gasteiger charge is -2.21. The van der Waals surface area contributed by atoms with Crippen molar-refractivity contribution in [2.45, 2.75) is 161 Å². The van der Waals surface area contributed by atoms with Crippen molar-refractivity contribution in [2.24, 2.45) is 0 Å². The lowest BCUT2D eigenvalue weighted by molar-refractivity contribution is -0.122. The van der Waals surface area contributed by atoms with Crippen LogP contribution in [0.1, 0.15) is 149 Å². The van der Waals surface area contributed by atoms with Crippen molar-refractivity contribution in [1.82, 2.24) is 5.32 Å². The maximum absolute atomic E-state index is 12.5. The van der Waals surface area contributed by atoms with E-state index in [9.17, 15) is 22.9 Å². The van der Waals surface area contributed by atoms with Crippen LogP contribution in [-0.2, 0) is 14.9 Å². The molecule has 0 saturated carbocycles. The van der Waals surface area contributed by atoms with Crippen LogP contribution in [0.25, 0.3) is 0 Å². The summed E-state index contributed by atoms with van der Waals surface area (Å²) in [5.74, 6) is -1.04. The number of rotatable bonds is 32. The summed E-state index contributed by atoms with van der Waals surface area (Å²) in [6.45, 7) is 4.37. The lowest BCUT2D eigenvalue weighted by Crippen LogP contribution is -2.46. The molecular formula is C41H69NO5S. The third-order valence-electron chi connectivity index (χ3n) is 7.81. The fourth-order valence-corrected chi connectivity index (χ4v) is 5.75. The number of nitrogens with one attached hydrogen (secondary N) is 1. The zero-order valence-corrected chi connectivity index (χ0v) is 31.1. The zero-order valence-electron chi connectivity index (χ0n) is 30.3. The van der Waals surface area contributed by atoms with Gasteiger partial charge in [-0.2, -0.15) is 8.42 Å². The number of hydrogen-bond acceptors (Lipinski definition) is 4. The second-order valence-electron chi connectivity index (χ2n) is 12.5. The Morgan fingerprint density at radius 3 is 1.56 bits per heavy atom. The SMILES string of the molecule is CC/C=C\C/C=C\C/C=C\C/C=C\C/C=C\CCCCCCCC(=O)NC(CS(=O)(=O)O)C(O)/C=C/CC/C=C/CCCCCCCC. The smallest absolute Gasteiger partial charge is 0.267 e. The summed E-state index contributed by atoms with van der Waals surface area (Å²) in [4.78, 5) is 12.5. The predicted octanol–water partition coefficient (Wildman–Crippen LogP) is 10.8. The monoisotopic (exact) mass is 687 g/mol. The van der Waals surface area contributed by atoms with Crippen LogP contribution in [0.5, 0.6) is 0 Å². The summed E-state index contributed by atoms with van der Waals surface area (Å²) in [6, 6.07) is -1.09. The van der Waals surface area contributed by atoms with Gasteiger partial charge in [-0.25, -0.2) is 0 Å². The molecule has 3 N–H and O–H groups in total. The van der Waals surface area contributed by atoms with Crippen LogP contribution in [0.3, 0.4) is 0 Å². The van der Waals surface area contributed by atoms with E-state index in [1.54, 1.807) is 6.08 Å². The molecule has 6 nitrogen and oxygen atoms in total. The van der Waals surface area contributed by atoms with Crippen LogP contribution >= 0.6 is 0 Å². The fraction of sp³-hybridized carbons (Fsp3) is 0.634. The number of aliphatic hydroxyl groups is 1. The second kappa shape index (κ2) is 34.4. The van der Waals surface area contributed by atoms with Crippen LogP contribution in [-0.4, -0.2) is 41.9 Å². The minimum absolute atomic E-state index is 0.260. The Kier molecular flexibility index (Phi) is 32.6. The number of allylic oxidation sites excluding steroid dienone is 13. The minimum atomic E-state index is -4.36. The summed E-state index contributed by atoms with van der Waals surface area (Å²) >= 11 is 0. The quantitative estimate of drug-likeness (QED) is 0.0371. The largest absolute Gasteiger partial charge is 0.387 e. The van der Waals surface area contributed by atoms with E-state index in [0.29, 0.717) is 12.8 Å². The molecule has 0 aliphatic carbocycles. The van der Waals surface area contributed by atoms with Crippen molar-refractivity contribution in [2.75, 3.05) is 5.75 Å². The Bertz CT molecular complexity index is 1070. The molecule has 0 aliphatic heterocycles. The minimum Gasteiger partial charge on any atom is -0.387 e. The zero-order chi connectivity index (χ0) is 35.4. The second-order valence-corrected chi connectivity index (χ2v) is 14.0. The molecule has 0 saturated heterocycles. The van der Waals surface area contributed by atoms with Gasteiger partial charge in [0.1, 0.15) is 0 Å². The van der Waals surface area contributed by atoms with Crippen LogP contribution < -0.4 is 5.32 Å². The molecule has 0 aromatic heterocycles. The highest BCUT2D eigenvalue weighted by Gasteiger charge is 2.24. The summed E-state index contributed by atoms with van der Waals surface area (Å²) < 4.78 is 32.4. The molecule has 0 aromatic carbocycles. The van der Waals surface area contributed by atoms with Crippen LogP contribution in [0, 0.1) is 0 Å². The highest BCUT2D eigenvalue weighted by atomic mass is 32.2. The van der Waals surface area contributed by atoms with Gasteiger partial charge in [0, 0.05) is 6.42 Å². The summed E-state index contributed by atoms with van der Waals surface area (Å²) in [7, 11) is -4.36. The molecule has 0 aliphatic rings. The Morgan fingerprint density at radius 1 is 0.583 bits per heavy atom. The normalized spacial score (nSPS) is 14.3. The molecule has 48 heavy (non-hydrogen) atoms. The summed E-state index contributed by atoms with van der Waals surface area (Å²) in [6.07, 6.45) is 49.9. The van der Waals surface area contributed by atoms with Crippen molar-refractivity contribution in [1.29, 1.82) is 0 Å². The average molecular weight is 688 g/mol. The van der Waals surface area contributed by atoms with Crippen LogP contribution in [0.15, 0.2) is 85.1 Å². The molecule has 0 aromatic rings. The molecule has 2 atom stereocenters. The number of amides is 1. The van der Waals surface area contributed by atoms with Crippen molar-refractivity contribution in [3.63, 3.8) is 0 Å². The van der Waals surface area contributed by atoms with E-state index < -0.39 is 28.0 Å². The topological polar surface area (TPSA) is 104 Å². The molecule has 0 heterocycles. The Balaban J connectivity index is 4.06. The molecule has 274 valence electrons. The lowest BCUT2D eigenvalue weighted by atomic mass is 10.1. The molecule has 0 radical (unpaired) electrons. The van der Waals surface area contributed by atoms with Gasteiger partial charge in [0.25, 0.3) is 10.1 Å². The van der Waals surface area contributed by atoms with Gasteiger partial charge in [-0.15, -0.1) is 0 Å². The Labute approximate surface area is 295 Å². The third kappa shape index (κ3) is 34.8. The van der Waals surface area contributed by atoms with Gasteiger partial charge in [0.05, 0.1) is 17.9 Å². The van der Waals surface area contributed by atoms with E-state index >= 15 is 0 Å². The van der Waals surface area contributed by atoms with Crippen LogP contribution in [0.2, 0.25) is 0 Å². The highest BCUT2D eigenvalue weighted by Crippen LogP contribution is 2.10. The van der Waals surface area contributed by atoms with Gasteiger partial charge < -0.3 is 10.4 Å². The molecular weight excluding hydrogens is 619 g/mol. The first kappa shape index (κ1) is 45.5. The maximum atomic E-state index is 12.5. The average Bonchev–Trinajstić information content (AvgIpc) is 3.05. The third-order valence-corrected chi connectivity index (χ3v) is 8.59. The van der Waals surface area contributed by atoms with E-state index in [1.165, 1.54) is 44.6 Å². The van der Waals surface area contributed by atoms with Crippen molar-refractivity contribution in [3.05, 3.63) is 85.1 Å². The summed E-state index contributed by atoms with van der Waals surface area (Å²) in [5, 5.41) is 13.1. The summed E-state index contributed by atoms with van der Waals surface area (Å²) in [5.41, 5.74) is 0. The number of aliphatic hydroxyl groups excluding tert-OH is 1. The molecule has 2 unspecified atom stereocenters. The van der Waals surface area contributed by atoms with Gasteiger partial charge in [0.2, 0.25) is 5.91 Å². The molecule has 0 spiro atoms. The molecule has 0 fully saturated rings. The molecule has 7 heteroatoms. The predicted molar refractivity (Wildman–Crippen MR) is 207 cm³/mol. The molecule has 1 amide bonds. The van der Waals surface area contributed by atoms with Gasteiger partial charge in [0.15, 0.2) is 0 Å². The number of carbonyl (C=O) groups excluding carboxylic acids is 1. The van der Waals surface area contributed by atoms with Crippen LogP contribution in [0.4, 0.5) is 0 Å². The van der Waals surface area contributed by atoms with Crippen molar-refractivity contribution < 1.29 is 22.9 Å². The highest BCUT2D eigenvalue weighted by molar-refractivity contribution is 7.85. The Hall–Kier alpha value is -2.48. The van der Waals surface area contributed by atoms with E-state index in [2.05, 4.69) is 92.1 Å².